The third kappa shape index (κ3) is 3.47. The second kappa shape index (κ2) is 4.95. The van der Waals surface area contributed by atoms with Gasteiger partial charge in [-0.1, -0.05) is 32.9 Å². The van der Waals surface area contributed by atoms with Gasteiger partial charge >= 0.3 is 0 Å². The van der Waals surface area contributed by atoms with Crippen molar-refractivity contribution in [2.45, 2.75) is 39.2 Å². The maximum atomic E-state index is 13.5. The van der Waals surface area contributed by atoms with E-state index in [2.05, 4.69) is 0 Å². The van der Waals surface area contributed by atoms with Gasteiger partial charge in [0.2, 0.25) is 0 Å². The van der Waals surface area contributed by atoms with E-state index in [4.69, 9.17) is 5.73 Å². The number of hydrogen-bond acceptors (Lipinski definition) is 1. The fourth-order valence-corrected chi connectivity index (χ4v) is 1.40. The van der Waals surface area contributed by atoms with Crippen molar-refractivity contribution in [3.05, 3.63) is 35.1 Å². The second-order valence-corrected chi connectivity index (χ2v) is 4.78. The lowest BCUT2D eigenvalue weighted by Gasteiger charge is -2.21. The lowest BCUT2D eigenvalue weighted by Crippen LogP contribution is -2.15. The largest absolute Gasteiger partial charge is 0.324 e. The van der Waals surface area contributed by atoms with Crippen molar-refractivity contribution < 1.29 is 4.39 Å². The Morgan fingerprint density at radius 1 is 1.27 bits per heavy atom. The monoisotopic (exact) mass is 231 g/mol. The van der Waals surface area contributed by atoms with Crippen molar-refractivity contribution in [1.82, 2.24) is 0 Å². The van der Waals surface area contributed by atoms with Crippen LogP contribution in [0.2, 0.25) is 0 Å². The molecule has 0 amide bonds. The minimum absolute atomic E-state index is 0. The van der Waals surface area contributed by atoms with Gasteiger partial charge in [0.25, 0.3) is 0 Å². The van der Waals surface area contributed by atoms with Crippen LogP contribution in [0.3, 0.4) is 0 Å². The van der Waals surface area contributed by atoms with E-state index in [-0.39, 0.29) is 29.7 Å². The van der Waals surface area contributed by atoms with E-state index in [1.807, 2.05) is 33.8 Å². The normalized spacial score (nSPS) is 13.2. The van der Waals surface area contributed by atoms with Crippen molar-refractivity contribution in [2.24, 2.45) is 5.73 Å². The van der Waals surface area contributed by atoms with Gasteiger partial charge in [0.1, 0.15) is 5.82 Å². The van der Waals surface area contributed by atoms with Crippen molar-refractivity contribution in [3.63, 3.8) is 0 Å². The second-order valence-electron chi connectivity index (χ2n) is 4.78. The standard InChI is InChI=1S/C12H18FN.ClH/c1-8(14)9-5-6-11(13)10(7-9)12(2,3)4;/h5-8H,14H2,1-4H3;1H/t8-;/m0./s1. The van der Waals surface area contributed by atoms with Gasteiger partial charge < -0.3 is 5.73 Å². The highest BCUT2D eigenvalue weighted by atomic mass is 35.5. The topological polar surface area (TPSA) is 26.0 Å². The molecule has 0 aromatic heterocycles. The number of nitrogens with two attached hydrogens (primary N) is 1. The molecule has 15 heavy (non-hydrogen) atoms. The smallest absolute Gasteiger partial charge is 0.126 e. The van der Waals surface area contributed by atoms with Crippen molar-refractivity contribution >= 4 is 12.4 Å². The third-order valence-electron chi connectivity index (χ3n) is 2.32. The molecule has 1 aromatic rings. The van der Waals surface area contributed by atoms with Gasteiger partial charge in [-0.15, -0.1) is 12.4 Å². The van der Waals surface area contributed by atoms with Gasteiger partial charge in [-0.3, -0.25) is 0 Å². The Morgan fingerprint density at radius 3 is 2.20 bits per heavy atom. The third-order valence-corrected chi connectivity index (χ3v) is 2.32. The van der Waals surface area contributed by atoms with Crippen LogP contribution in [0.25, 0.3) is 0 Å². The summed E-state index contributed by atoms with van der Waals surface area (Å²) < 4.78 is 13.5. The molecule has 0 aliphatic heterocycles. The Kier molecular flexibility index (Phi) is 4.75. The molecule has 3 heteroatoms. The lowest BCUT2D eigenvalue weighted by atomic mass is 9.85. The average Bonchev–Trinajstić information content (AvgIpc) is 2.02. The van der Waals surface area contributed by atoms with Crippen LogP contribution in [0.4, 0.5) is 4.39 Å². The van der Waals surface area contributed by atoms with Gasteiger partial charge in [-0.2, -0.15) is 0 Å². The molecule has 0 spiro atoms. The Labute approximate surface area is 97.3 Å². The van der Waals surface area contributed by atoms with Crippen LogP contribution in [0.15, 0.2) is 18.2 Å². The summed E-state index contributed by atoms with van der Waals surface area (Å²) >= 11 is 0. The molecule has 0 fully saturated rings. The summed E-state index contributed by atoms with van der Waals surface area (Å²) in [6.07, 6.45) is 0. The molecule has 1 rings (SSSR count). The highest BCUT2D eigenvalue weighted by molar-refractivity contribution is 5.85. The van der Waals surface area contributed by atoms with Crippen molar-refractivity contribution in [1.29, 1.82) is 0 Å². The van der Waals surface area contributed by atoms with Crippen molar-refractivity contribution in [3.8, 4) is 0 Å². The van der Waals surface area contributed by atoms with Gasteiger partial charge in [-0.05, 0) is 29.5 Å². The number of rotatable bonds is 1. The van der Waals surface area contributed by atoms with E-state index in [1.54, 1.807) is 6.07 Å². The Balaban J connectivity index is 0.00000196. The predicted molar refractivity (Wildman–Crippen MR) is 65.0 cm³/mol. The molecular weight excluding hydrogens is 213 g/mol. The van der Waals surface area contributed by atoms with Gasteiger partial charge in [-0.25, -0.2) is 4.39 Å². The van der Waals surface area contributed by atoms with Crippen molar-refractivity contribution in [2.75, 3.05) is 0 Å². The number of halogens is 2. The Hall–Kier alpha value is -0.600. The first-order valence-corrected chi connectivity index (χ1v) is 4.88. The quantitative estimate of drug-likeness (QED) is 0.786. The summed E-state index contributed by atoms with van der Waals surface area (Å²) in [4.78, 5) is 0. The van der Waals surface area contributed by atoms with Crippen LogP contribution in [0.1, 0.15) is 44.9 Å². The van der Waals surface area contributed by atoms with Crippen LogP contribution in [0, 0.1) is 5.82 Å². The molecule has 0 bridgehead atoms. The molecule has 0 radical (unpaired) electrons. The fourth-order valence-electron chi connectivity index (χ4n) is 1.40. The molecule has 1 atom stereocenters. The Bertz CT molecular complexity index is 329. The van der Waals surface area contributed by atoms with Gasteiger partial charge in [0.05, 0.1) is 0 Å². The maximum absolute atomic E-state index is 13.5. The average molecular weight is 232 g/mol. The van der Waals surface area contributed by atoms with E-state index < -0.39 is 0 Å². The zero-order chi connectivity index (χ0) is 10.9. The highest BCUT2D eigenvalue weighted by Crippen LogP contribution is 2.27. The molecule has 0 heterocycles. The minimum Gasteiger partial charge on any atom is -0.324 e. The molecule has 1 aromatic carbocycles. The molecule has 0 aliphatic carbocycles. The highest BCUT2D eigenvalue weighted by Gasteiger charge is 2.19. The SMILES string of the molecule is C[C@H](N)c1ccc(F)c(C(C)(C)C)c1.Cl. The summed E-state index contributed by atoms with van der Waals surface area (Å²) in [6.45, 7) is 7.89. The first-order valence-electron chi connectivity index (χ1n) is 4.88. The Morgan fingerprint density at radius 2 is 1.80 bits per heavy atom. The molecule has 1 nitrogen and oxygen atoms in total. The van der Waals surface area contributed by atoms with E-state index >= 15 is 0 Å². The lowest BCUT2D eigenvalue weighted by molar-refractivity contribution is 0.521. The van der Waals surface area contributed by atoms with Crippen LogP contribution >= 0.6 is 12.4 Å². The van der Waals surface area contributed by atoms with E-state index in [0.29, 0.717) is 0 Å². The first kappa shape index (κ1) is 14.4. The molecule has 0 aliphatic rings. The molecule has 0 unspecified atom stereocenters. The molecule has 86 valence electrons. The number of hydrogen-bond donors (Lipinski definition) is 1. The van der Waals surface area contributed by atoms with E-state index in [0.717, 1.165) is 11.1 Å². The minimum atomic E-state index is -0.172. The summed E-state index contributed by atoms with van der Waals surface area (Å²) in [6, 6.07) is 5.06. The molecular formula is C12H19ClFN. The van der Waals surface area contributed by atoms with E-state index in [1.165, 1.54) is 6.07 Å². The van der Waals surface area contributed by atoms with Crippen LogP contribution in [0.5, 0.6) is 0 Å². The number of benzene rings is 1. The summed E-state index contributed by atoms with van der Waals surface area (Å²) in [5.41, 5.74) is 7.29. The molecule has 2 N–H and O–H groups in total. The first-order chi connectivity index (χ1) is 6.32. The van der Waals surface area contributed by atoms with E-state index in [9.17, 15) is 4.39 Å². The zero-order valence-corrected chi connectivity index (χ0v) is 10.5. The fraction of sp³-hybridized carbons (Fsp3) is 0.500. The summed E-state index contributed by atoms with van der Waals surface area (Å²) in [5.74, 6) is -0.151. The molecule has 0 saturated heterocycles. The summed E-state index contributed by atoms with van der Waals surface area (Å²) in [5, 5.41) is 0. The van der Waals surface area contributed by atoms with Crippen LogP contribution < -0.4 is 5.73 Å². The van der Waals surface area contributed by atoms with Gasteiger partial charge in [0, 0.05) is 6.04 Å². The predicted octanol–water partition coefficient (Wildman–Crippen LogP) is 3.56. The van der Waals surface area contributed by atoms with Crippen LogP contribution in [-0.2, 0) is 5.41 Å². The maximum Gasteiger partial charge on any atom is 0.126 e. The van der Waals surface area contributed by atoms with Crippen LogP contribution in [-0.4, -0.2) is 0 Å². The summed E-state index contributed by atoms with van der Waals surface area (Å²) in [7, 11) is 0. The zero-order valence-electron chi connectivity index (χ0n) is 9.67. The van der Waals surface area contributed by atoms with Gasteiger partial charge in [0.15, 0.2) is 0 Å². The molecule has 0 saturated carbocycles.